The van der Waals surface area contributed by atoms with Crippen molar-refractivity contribution in [2.45, 2.75) is 39.3 Å². The molecule has 1 aliphatic carbocycles. The molecule has 0 aromatic carbocycles. The first kappa shape index (κ1) is 14.7. The molecule has 1 aliphatic heterocycles. The number of aliphatic hydroxyl groups is 1. The average Bonchev–Trinajstić information content (AvgIpc) is 3.02. The van der Waals surface area contributed by atoms with Gasteiger partial charge in [0.1, 0.15) is 0 Å². The maximum Gasteiger partial charge on any atom is 0.225 e. The Kier molecular flexibility index (Phi) is 4.40. The van der Waals surface area contributed by atoms with Crippen molar-refractivity contribution in [3.63, 3.8) is 0 Å². The third kappa shape index (κ3) is 3.35. The minimum Gasteiger partial charge on any atom is -0.393 e. The fourth-order valence-corrected chi connectivity index (χ4v) is 3.51. The van der Waals surface area contributed by atoms with E-state index in [-0.39, 0.29) is 6.10 Å². The second-order valence-corrected chi connectivity index (χ2v) is 6.89. The van der Waals surface area contributed by atoms with Crippen molar-refractivity contribution in [2.75, 3.05) is 24.5 Å². The van der Waals surface area contributed by atoms with E-state index in [9.17, 15) is 5.11 Å². The molecule has 3 atom stereocenters. The lowest BCUT2D eigenvalue weighted by molar-refractivity contribution is 0.133. The highest BCUT2D eigenvalue weighted by atomic mass is 16.3. The van der Waals surface area contributed by atoms with Crippen molar-refractivity contribution in [3.05, 3.63) is 18.0 Å². The predicted molar refractivity (Wildman–Crippen MR) is 83.0 cm³/mol. The number of nitrogens with zero attached hydrogens (tertiary/aromatic N) is 3. The largest absolute Gasteiger partial charge is 0.393 e. The van der Waals surface area contributed by atoms with E-state index in [0.717, 1.165) is 50.5 Å². The van der Waals surface area contributed by atoms with Crippen LogP contribution in [0.5, 0.6) is 0 Å². The maximum atomic E-state index is 9.97. The van der Waals surface area contributed by atoms with E-state index < -0.39 is 0 Å². The molecule has 1 aromatic rings. The van der Waals surface area contributed by atoms with Crippen LogP contribution in [-0.4, -0.2) is 40.8 Å². The van der Waals surface area contributed by atoms with Crippen LogP contribution in [0.4, 0.5) is 5.95 Å². The predicted octanol–water partition coefficient (Wildman–Crippen LogP) is 1.43. The van der Waals surface area contributed by atoms with E-state index in [1.165, 1.54) is 0 Å². The Morgan fingerprint density at radius 1 is 1.29 bits per heavy atom. The third-order valence-electron chi connectivity index (χ3n) is 4.68. The summed E-state index contributed by atoms with van der Waals surface area (Å²) in [6, 6.07) is 0. The molecule has 0 radical (unpaired) electrons. The van der Waals surface area contributed by atoms with Gasteiger partial charge in [-0.05, 0) is 31.2 Å². The van der Waals surface area contributed by atoms with E-state index in [2.05, 4.69) is 34.0 Å². The zero-order valence-electron chi connectivity index (χ0n) is 13.0. The molecule has 5 nitrogen and oxygen atoms in total. The van der Waals surface area contributed by atoms with Crippen molar-refractivity contribution < 1.29 is 5.11 Å². The summed E-state index contributed by atoms with van der Waals surface area (Å²) in [6.45, 7) is 8.12. The van der Waals surface area contributed by atoms with Crippen LogP contribution in [-0.2, 0) is 6.54 Å². The maximum absolute atomic E-state index is 9.97. The monoisotopic (exact) mass is 290 g/mol. The minimum absolute atomic E-state index is 0.125. The number of aromatic nitrogens is 2. The van der Waals surface area contributed by atoms with Gasteiger partial charge in [0.15, 0.2) is 0 Å². The summed E-state index contributed by atoms with van der Waals surface area (Å²) in [5.74, 6) is 2.50. The molecular weight excluding hydrogens is 264 g/mol. The van der Waals surface area contributed by atoms with Crippen molar-refractivity contribution in [2.24, 2.45) is 17.8 Å². The van der Waals surface area contributed by atoms with Crippen LogP contribution in [0.1, 0.15) is 32.3 Å². The first-order chi connectivity index (χ1) is 10.1. The first-order valence-electron chi connectivity index (χ1n) is 8.08. The second-order valence-electron chi connectivity index (χ2n) is 6.89. The van der Waals surface area contributed by atoms with Gasteiger partial charge < -0.3 is 15.3 Å². The van der Waals surface area contributed by atoms with Gasteiger partial charge in [-0.25, -0.2) is 9.97 Å². The standard InChI is InChI=1S/C16H26N4O/c1-11(2)5-17-6-12-7-18-16(19-8-12)20-9-13-3-4-15(21)14(13)10-20/h7-8,11,13-15,17,21H,3-6,9-10H2,1-2H3. The van der Waals surface area contributed by atoms with Gasteiger partial charge in [0, 0.05) is 43.5 Å². The molecule has 2 heterocycles. The number of hydrogen-bond donors (Lipinski definition) is 2. The summed E-state index contributed by atoms with van der Waals surface area (Å²) in [7, 11) is 0. The molecule has 5 heteroatoms. The number of hydrogen-bond acceptors (Lipinski definition) is 5. The van der Waals surface area contributed by atoms with Crippen LogP contribution < -0.4 is 10.2 Å². The highest BCUT2D eigenvalue weighted by molar-refractivity contribution is 5.33. The number of fused-ring (bicyclic) bond motifs is 1. The highest BCUT2D eigenvalue weighted by Gasteiger charge is 2.42. The molecule has 21 heavy (non-hydrogen) atoms. The molecular formula is C16H26N4O. The lowest BCUT2D eigenvalue weighted by atomic mass is 10.00. The molecule has 1 aromatic heterocycles. The van der Waals surface area contributed by atoms with Crippen molar-refractivity contribution >= 4 is 5.95 Å². The summed E-state index contributed by atoms with van der Waals surface area (Å²) >= 11 is 0. The SMILES string of the molecule is CC(C)CNCc1cnc(N2CC3CCC(O)C3C2)nc1. The zero-order valence-corrected chi connectivity index (χ0v) is 13.0. The normalized spacial score (nSPS) is 28.4. The van der Waals surface area contributed by atoms with Gasteiger partial charge >= 0.3 is 0 Å². The summed E-state index contributed by atoms with van der Waals surface area (Å²) in [5.41, 5.74) is 1.12. The number of nitrogens with one attached hydrogen (secondary N) is 1. The smallest absolute Gasteiger partial charge is 0.225 e. The summed E-state index contributed by atoms with van der Waals surface area (Å²) in [5, 5.41) is 13.4. The van der Waals surface area contributed by atoms with Crippen molar-refractivity contribution in [1.29, 1.82) is 0 Å². The quantitative estimate of drug-likeness (QED) is 0.859. The van der Waals surface area contributed by atoms with Gasteiger partial charge in [0.2, 0.25) is 5.95 Å². The highest BCUT2D eigenvalue weighted by Crippen LogP contribution is 2.38. The first-order valence-corrected chi connectivity index (χ1v) is 8.08. The molecule has 3 unspecified atom stereocenters. The third-order valence-corrected chi connectivity index (χ3v) is 4.68. The van der Waals surface area contributed by atoms with Crippen LogP contribution in [0.2, 0.25) is 0 Å². The van der Waals surface area contributed by atoms with Gasteiger partial charge in [-0.15, -0.1) is 0 Å². The lowest BCUT2D eigenvalue weighted by Crippen LogP contribution is -2.26. The Balaban J connectivity index is 1.55. The molecule has 1 saturated heterocycles. The summed E-state index contributed by atoms with van der Waals surface area (Å²) in [4.78, 5) is 11.2. The van der Waals surface area contributed by atoms with Crippen molar-refractivity contribution in [3.8, 4) is 0 Å². The summed E-state index contributed by atoms with van der Waals surface area (Å²) < 4.78 is 0. The van der Waals surface area contributed by atoms with Crippen LogP contribution in [0.25, 0.3) is 0 Å². The Morgan fingerprint density at radius 3 is 2.71 bits per heavy atom. The van der Waals surface area contributed by atoms with Crippen LogP contribution in [0.3, 0.4) is 0 Å². The molecule has 0 spiro atoms. The zero-order chi connectivity index (χ0) is 14.8. The molecule has 1 saturated carbocycles. The van der Waals surface area contributed by atoms with E-state index in [0.29, 0.717) is 17.8 Å². The van der Waals surface area contributed by atoms with Gasteiger partial charge in [-0.3, -0.25) is 0 Å². The topological polar surface area (TPSA) is 61.3 Å². The molecule has 3 rings (SSSR count). The van der Waals surface area contributed by atoms with E-state index in [1.807, 2.05) is 12.4 Å². The average molecular weight is 290 g/mol. The lowest BCUT2D eigenvalue weighted by Gasteiger charge is -2.18. The fourth-order valence-electron chi connectivity index (χ4n) is 3.51. The molecule has 2 fully saturated rings. The van der Waals surface area contributed by atoms with Crippen LogP contribution >= 0.6 is 0 Å². The fraction of sp³-hybridized carbons (Fsp3) is 0.750. The van der Waals surface area contributed by atoms with Gasteiger partial charge in [0.05, 0.1) is 6.10 Å². The van der Waals surface area contributed by atoms with E-state index in [4.69, 9.17) is 0 Å². The van der Waals surface area contributed by atoms with Crippen LogP contribution in [0, 0.1) is 17.8 Å². The molecule has 0 amide bonds. The van der Waals surface area contributed by atoms with Gasteiger partial charge in [-0.2, -0.15) is 0 Å². The number of rotatable bonds is 5. The van der Waals surface area contributed by atoms with E-state index >= 15 is 0 Å². The second kappa shape index (κ2) is 6.28. The molecule has 2 N–H and O–H groups in total. The Bertz CT molecular complexity index is 462. The molecule has 2 aliphatic rings. The number of anilines is 1. The van der Waals surface area contributed by atoms with Crippen molar-refractivity contribution in [1.82, 2.24) is 15.3 Å². The Morgan fingerprint density at radius 2 is 2.05 bits per heavy atom. The summed E-state index contributed by atoms with van der Waals surface area (Å²) in [6.07, 6.45) is 5.81. The number of aliphatic hydroxyl groups excluding tert-OH is 1. The minimum atomic E-state index is -0.125. The molecule has 116 valence electrons. The Labute approximate surface area is 126 Å². The Hall–Kier alpha value is -1.20. The van der Waals surface area contributed by atoms with Crippen LogP contribution in [0.15, 0.2) is 12.4 Å². The van der Waals surface area contributed by atoms with Gasteiger partial charge in [0.25, 0.3) is 0 Å². The van der Waals surface area contributed by atoms with E-state index in [1.54, 1.807) is 0 Å². The molecule has 0 bridgehead atoms. The van der Waals surface area contributed by atoms with Gasteiger partial charge in [-0.1, -0.05) is 13.8 Å².